The van der Waals surface area contributed by atoms with E-state index in [4.69, 9.17) is 0 Å². The lowest BCUT2D eigenvalue weighted by Crippen LogP contribution is -2.47. The molecule has 2 aliphatic heterocycles. The summed E-state index contributed by atoms with van der Waals surface area (Å²) in [6.07, 6.45) is 2.55. The molecule has 2 fully saturated rings. The van der Waals surface area contributed by atoms with Crippen LogP contribution < -0.4 is 5.32 Å². The van der Waals surface area contributed by atoms with Crippen molar-refractivity contribution in [3.8, 4) is 0 Å². The highest BCUT2D eigenvalue weighted by atomic mass is 32.2. The van der Waals surface area contributed by atoms with Crippen molar-refractivity contribution in [2.45, 2.75) is 18.9 Å². The molecule has 0 spiro atoms. The number of carbonyl (C=O) groups excluding carboxylic acids is 1. The zero-order valence-electron chi connectivity index (χ0n) is 13.0. The first-order valence-corrected chi connectivity index (χ1v) is 9.39. The predicted octanol–water partition coefficient (Wildman–Crippen LogP) is 2.58. The summed E-state index contributed by atoms with van der Waals surface area (Å²) in [5.74, 6) is 2.10. The Morgan fingerprint density at radius 3 is 2.45 bits per heavy atom. The second kappa shape index (κ2) is 7.88. The van der Waals surface area contributed by atoms with Gasteiger partial charge in [-0.1, -0.05) is 30.3 Å². The molecule has 0 unspecified atom stereocenters. The molecule has 0 saturated carbocycles. The highest BCUT2D eigenvalue weighted by molar-refractivity contribution is 7.99. The zero-order valence-corrected chi connectivity index (χ0v) is 13.9. The van der Waals surface area contributed by atoms with E-state index in [0.29, 0.717) is 0 Å². The number of rotatable bonds is 4. The molecule has 2 heterocycles. The Labute approximate surface area is 137 Å². The molecule has 0 radical (unpaired) electrons. The van der Waals surface area contributed by atoms with Crippen molar-refractivity contribution in [3.63, 3.8) is 0 Å². The fourth-order valence-corrected chi connectivity index (χ4v) is 4.05. The van der Waals surface area contributed by atoms with Crippen molar-refractivity contribution in [1.82, 2.24) is 15.1 Å². The monoisotopic (exact) mass is 319 g/mol. The van der Waals surface area contributed by atoms with E-state index in [1.807, 2.05) is 22.7 Å². The lowest BCUT2D eigenvalue weighted by molar-refractivity contribution is 0.193. The van der Waals surface area contributed by atoms with E-state index in [1.165, 1.54) is 18.4 Å². The van der Waals surface area contributed by atoms with Crippen LogP contribution in [-0.4, -0.2) is 60.1 Å². The van der Waals surface area contributed by atoms with Crippen LogP contribution in [0.4, 0.5) is 4.79 Å². The largest absolute Gasteiger partial charge is 0.330 e. The van der Waals surface area contributed by atoms with Crippen molar-refractivity contribution in [2.24, 2.45) is 0 Å². The van der Waals surface area contributed by atoms with E-state index < -0.39 is 0 Å². The van der Waals surface area contributed by atoms with Gasteiger partial charge in [0.1, 0.15) is 0 Å². The Hall–Kier alpha value is -1.20. The van der Waals surface area contributed by atoms with Gasteiger partial charge in [0.05, 0.1) is 6.04 Å². The third-order valence-electron chi connectivity index (χ3n) is 4.44. The second-order valence-electron chi connectivity index (χ2n) is 6.02. The molecule has 0 aromatic heterocycles. The molecule has 5 heteroatoms. The first kappa shape index (κ1) is 15.7. The number of hydrogen-bond acceptors (Lipinski definition) is 3. The first-order valence-electron chi connectivity index (χ1n) is 8.23. The van der Waals surface area contributed by atoms with Gasteiger partial charge in [-0.2, -0.15) is 11.8 Å². The summed E-state index contributed by atoms with van der Waals surface area (Å²) in [6, 6.07) is 10.5. The normalized spacial score (nSPS) is 20.8. The summed E-state index contributed by atoms with van der Waals surface area (Å²) < 4.78 is 0. The molecule has 22 heavy (non-hydrogen) atoms. The molecule has 2 amide bonds. The Morgan fingerprint density at radius 2 is 1.77 bits per heavy atom. The number of nitrogens with zero attached hydrogens (tertiary/aromatic N) is 2. The summed E-state index contributed by atoms with van der Waals surface area (Å²) in [4.78, 5) is 17.0. The summed E-state index contributed by atoms with van der Waals surface area (Å²) >= 11 is 1.93. The lowest BCUT2D eigenvalue weighted by atomic mass is 10.1. The van der Waals surface area contributed by atoms with Crippen molar-refractivity contribution >= 4 is 17.8 Å². The Kier molecular flexibility index (Phi) is 5.62. The molecule has 1 aromatic carbocycles. The summed E-state index contributed by atoms with van der Waals surface area (Å²) in [5.41, 5.74) is 1.20. The molecule has 0 aliphatic carbocycles. The third-order valence-corrected chi connectivity index (χ3v) is 5.38. The molecular formula is C17H25N3OS. The molecule has 0 bridgehead atoms. The van der Waals surface area contributed by atoms with Crippen LogP contribution in [-0.2, 0) is 0 Å². The summed E-state index contributed by atoms with van der Waals surface area (Å²) in [5, 5.41) is 3.27. The number of urea groups is 1. The maximum Gasteiger partial charge on any atom is 0.317 e. The number of amides is 2. The number of thioether (sulfide) groups is 1. The van der Waals surface area contributed by atoms with E-state index in [1.54, 1.807) is 0 Å². The minimum Gasteiger partial charge on any atom is -0.330 e. The van der Waals surface area contributed by atoms with Crippen LogP contribution in [0.5, 0.6) is 0 Å². The number of hydrogen-bond donors (Lipinski definition) is 1. The van der Waals surface area contributed by atoms with Crippen LogP contribution in [0.15, 0.2) is 30.3 Å². The van der Waals surface area contributed by atoms with Crippen LogP contribution in [0.2, 0.25) is 0 Å². The highest BCUT2D eigenvalue weighted by Gasteiger charge is 2.23. The molecule has 120 valence electrons. The Morgan fingerprint density at radius 1 is 1.09 bits per heavy atom. The zero-order chi connectivity index (χ0) is 15.2. The number of carbonyl (C=O) groups is 1. The Balaban J connectivity index is 1.65. The molecular weight excluding hydrogens is 294 g/mol. The number of nitrogens with one attached hydrogen (secondary N) is 1. The summed E-state index contributed by atoms with van der Waals surface area (Å²) in [7, 11) is 0. The van der Waals surface area contributed by atoms with E-state index in [0.717, 1.165) is 44.2 Å². The van der Waals surface area contributed by atoms with Gasteiger partial charge in [0.15, 0.2) is 0 Å². The minimum absolute atomic E-state index is 0.0846. The Bertz CT molecular complexity index is 470. The maximum atomic E-state index is 12.5. The van der Waals surface area contributed by atoms with Crippen molar-refractivity contribution in [3.05, 3.63) is 35.9 Å². The van der Waals surface area contributed by atoms with Crippen LogP contribution in [0.3, 0.4) is 0 Å². The fraction of sp³-hybridized carbons (Fsp3) is 0.588. The number of likely N-dealkylation sites (tertiary alicyclic amines) is 1. The van der Waals surface area contributed by atoms with Gasteiger partial charge < -0.3 is 15.1 Å². The molecule has 3 rings (SSSR count). The molecule has 1 aromatic rings. The van der Waals surface area contributed by atoms with Crippen LogP contribution in [0.1, 0.15) is 24.4 Å². The molecule has 1 N–H and O–H groups in total. The molecule has 2 saturated heterocycles. The average molecular weight is 319 g/mol. The highest BCUT2D eigenvalue weighted by Crippen LogP contribution is 2.18. The van der Waals surface area contributed by atoms with Crippen molar-refractivity contribution in [2.75, 3.05) is 44.2 Å². The van der Waals surface area contributed by atoms with Crippen LogP contribution >= 0.6 is 11.8 Å². The van der Waals surface area contributed by atoms with Gasteiger partial charge >= 0.3 is 6.03 Å². The van der Waals surface area contributed by atoms with Crippen molar-refractivity contribution in [1.29, 1.82) is 0 Å². The molecule has 1 atom stereocenters. The van der Waals surface area contributed by atoms with Gasteiger partial charge in [0, 0.05) is 31.1 Å². The minimum atomic E-state index is 0.0846. The molecule has 4 nitrogen and oxygen atoms in total. The van der Waals surface area contributed by atoms with Gasteiger partial charge in [-0.25, -0.2) is 4.79 Å². The maximum absolute atomic E-state index is 12.5. The van der Waals surface area contributed by atoms with Gasteiger partial charge in [-0.05, 0) is 31.5 Å². The van der Waals surface area contributed by atoms with Gasteiger partial charge in [0.25, 0.3) is 0 Å². The van der Waals surface area contributed by atoms with E-state index in [-0.39, 0.29) is 12.1 Å². The van der Waals surface area contributed by atoms with E-state index in [9.17, 15) is 4.79 Å². The first-order chi connectivity index (χ1) is 10.8. The van der Waals surface area contributed by atoms with Gasteiger partial charge in [-0.15, -0.1) is 0 Å². The fourth-order valence-electron chi connectivity index (χ4n) is 3.15. The van der Waals surface area contributed by atoms with Crippen LogP contribution in [0, 0.1) is 0 Å². The topological polar surface area (TPSA) is 35.6 Å². The quantitative estimate of drug-likeness (QED) is 0.926. The van der Waals surface area contributed by atoms with E-state index >= 15 is 0 Å². The standard InChI is InChI=1S/C17H25N3OS/c21-17(20-10-12-22-13-11-20)18-16(14-19-8-4-5-9-19)15-6-2-1-3-7-15/h1-3,6-7,16H,4-5,8-14H2,(H,18,21)/t16-/m1/s1. The predicted molar refractivity (Wildman–Crippen MR) is 92.3 cm³/mol. The van der Waals surface area contributed by atoms with Crippen LogP contribution in [0.25, 0.3) is 0 Å². The van der Waals surface area contributed by atoms with Gasteiger partial charge in [0.2, 0.25) is 0 Å². The van der Waals surface area contributed by atoms with Crippen molar-refractivity contribution < 1.29 is 4.79 Å². The van der Waals surface area contributed by atoms with E-state index in [2.05, 4.69) is 34.5 Å². The average Bonchev–Trinajstić information content (AvgIpc) is 3.09. The third kappa shape index (κ3) is 4.17. The number of benzene rings is 1. The SMILES string of the molecule is O=C(N[C@H](CN1CCCC1)c1ccccc1)N1CCSCC1. The van der Waals surface area contributed by atoms with Gasteiger partial charge in [-0.3, -0.25) is 0 Å². The lowest BCUT2D eigenvalue weighted by Gasteiger charge is -2.31. The smallest absolute Gasteiger partial charge is 0.317 e. The second-order valence-corrected chi connectivity index (χ2v) is 7.24. The summed E-state index contributed by atoms with van der Waals surface area (Å²) in [6.45, 7) is 4.95. The molecule has 2 aliphatic rings.